The van der Waals surface area contributed by atoms with Crippen LogP contribution in [0.1, 0.15) is 17.2 Å². The SMILES string of the molecule is Fc1ccc(CNC2COc3ccccc32)cc1. The molecule has 0 aromatic heterocycles. The van der Waals surface area contributed by atoms with Gasteiger partial charge in [-0.1, -0.05) is 30.3 Å². The highest BCUT2D eigenvalue weighted by Crippen LogP contribution is 2.31. The number of hydrogen-bond acceptors (Lipinski definition) is 2. The number of benzene rings is 2. The highest BCUT2D eigenvalue weighted by atomic mass is 19.1. The van der Waals surface area contributed by atoms with Gasteiger partial charge in [0.25, 0.3) is 0 Å². The lowest BCUT2D eigenvalue weighted by Gasteiger charge is -2.11. The van der Waals surface area contributed by atoms with Crippen molar-refractivity contribution in [2.45, 2.75) is 12.6 Å². The van der Waals surface area contributed by atoms with E-state index in [0.29, 0.717) is 13.2 Å². The van der Waals surface area contributed by atoms with Crippen molar-refractivity contribution in [2.24, 2.45) is 0 Å². The predicted octanol–water partition coefficient (Wildman–Crippen LogP) is 3.05. The highest BCUT2D eigenvalue weighted by Gasteiger charge is 2.22. The molecule has 3 rings (SSSR count). The molecule has 0 radical (unpaired) electrons. The van der Waals surface area contributed by atoms with Gasteiger partial charge in [0.15, 0.2) is 0 Å². The van der Waals surface area contributed by atoms with Crippen LogP contribution in [0, 0.1) is 5.82 Å². The Morgan fingerprint density at radius 1 is 1.11 bits per heavy atom. The summed E-state index contributed by atoms with van der Waals surface area (Å²) in [6.45, 7) is 1.36. The Morgan fingerprint density at radius 2 is 1.89 bits per heavy atom. The molecule has 1 N–H and O–H groups in total. The summed E-state index contributed by atoms with van der Waals surface area (Å²) in [6, 6.07) is 14.8. The maximum Gasteiger partial charge on any atom is 0.124 e. The van der Waals surface area contributed by atoms with E-state index in [2.05, 4.69) is 11.4 Å². The molecule has 0 saturated carbocycles. The number of para-hydroxylation sites is 1. The summed E-state index contributed by atoms with van der Waals surface area (Å²) in [6.07, 6.45) is 0. The lowest BCUT2D eigenvalue weighted by molar-refractivity contribution is 0.310. The van der Waals surface area contributed by atoms with Crippen molar-refractivity contribution < 1.29 is 9.13 Å². The topological polar surface area (TPSA) is 21.3 Å². The van der Waals surface area contributed by atoms with Gasteiger partial charge in [-0.25, -0.2) is 4.39 Å². The lowest BCUT2D eigenvalue weighted by Crippen LogP contribution is -2.21. The quantitative estimate of drug-likeness (QED) is 0.894. The summed E-state index contributed by atoms with van der Waals surface area (Å²) >= 11 is 0. The molecule has 92 valence electrons. The van der Waals surface area contributed by atoms with Crippen molar-refractivity contribution in [3.05, 3.63) is 65.5 Å². The smallest absolute Gasteiger partial charge is 0.124 e. The summed E-state index contributed by atoms with van der Waals surface area (Å²) in [4.78, 5) is 0. The van der Waals surface area contributed by atoms with Crippen LogP contribution < -0.4 is 10.1 Å². The molecule has 0 saturated heterocycles. The second-order valence-electron chi connectivity index (χ2n) is 4.41. The van der Waals surface area contributed by atoms with Gasteiger partial charge in [-0.2, -0.15) is 0 Å². The van der Waals surface area contributed by atoms with Crippen LogP contribution in [0.15, 0.2) is 48.5 Å². The first-order chi connectivity index (χ1) is 8.83. The molecule has 2 aromatic rings. The van der Waals surface area contributed by atoms with E-state index in [0.717, 1.165) is 11.3 Å². The van der Waals surface area contributed by atoms with E-state index >= 15 is 0 Å². The van der Waals surface area contributed by atoms with E-state index in [-0.39, 0.29) is 11.9 Å². The molecule has 1 aliphatic rings. The number of ether oxygens (including phenoxy) is 1. The van der Waals surface area contributed by atoms with Gasteiger partial charge in [0.2, 0.25) is 0 Å². The van der Waals surface area contributed by atoms with Gasteiger partial charge in [-0.3, -0.25) is 0 Å². The molecule has 0 spiro atoms. The number of rotatable bonds is 3. The summed E-state index contributed by atoms with van der Waals surface area (Å²) in [7, 11) is 0. The molecule has 1 heterocycles. The Hall–Kier alpha value is -1.87. The monoisotopic (exact) mass is 243 g/mol. The van der Waals surface area contributed by atoms with Gasteiger partial charge < -0.3 is 10.1 Å². The summed E-state index contributed by atoms with van der Waals surface area (Å²) < 4.78 is 18.4. The fourth-order valence-electron chi connectivity index (χ4n) is 2.17. The molecule has 0 bridgehead atoms. The second kappa shape index (κ2) is 4.78. The van der Waals surface area contributed by atoms with Crippen molar-refractivity contribution in [3.63, 3.8) is 0 Å². The molecule has 3 heteroatoms. The maximum absolute atomic E-state index is 12.8. The third-order valence-electron chi connectivity index (χ3n) is 3.17. The fourth-order valence-corrected chi connectivity index (χ4v) is 2.17. The zero-order valence-corrected chi connectivity index (χ0v) is 9.90. The fraction of sp³-hybridized carbons (Fsp3) is 0.200. The van der Waals surface area contributed by atoms with Crippen molar-refractivity contribution in [2.75, 3.05) is 6.61 Å². The van der Waals surface area contributed by atoms with Crippen LogP contribution in [0.5, 0.6) is 5.75 Å². The first kappa shape index (κ1) is 11.2. The van der Waals surface area contributed by atoms with E-state index in [1.54, 1.807) is 12.1 Å². The molecule has 0 fully saturated rings. The molecule has 2 aromatic carbocycles. The van der Waals surface area contributed by atoms with Gasteiger partial charge in [-0.15, -0.1) is 0 Å². The van der Waals surface area contributed by atoms with Crippen LogP contribution in [0.3, 0.4) is 0 Å². The molecule has 2 nitrogen and oxygen atoms in total. The second-order valence-corrected chi connectivity index (χ2v) is 4.41. The molecule has 1 unspecified atom stereocenters. The predicted molar refractivity (Wildman–Crippen MR) is 67.9 cm³/mol. The van der Waals surface area contributed by atoms with Crippen molar-refractivity contribution in [3.8, 4) is 5.75 Å². The Bertz CT molecular complexity index is 538. The molecular formula is C15H14FNO. The van der Waals surface area contributed by atoms with Crippen LogP contribution >= 0.6 is 0 Å². The molecule has 18 heavy (non-hydrogen) atoms. The van der Waals surface area contributed by atoms with Gasteiger partial charge in [0, 0.05) is 12.1 Å². The average molecular weight is 243 g/mol. The van der Waals surface area contributed by atoms with E-state index < -0.39 is 0 Å². The van der Waals surface area contributed by atoms with E-state index in [1.807, 2.05) is 18.2 Å². The Balaban J connectivity index is 1.67. The van der Waals surface area contributed by atoms with Crippen LogP contribution in [0.2, 0.25) is 0 Å². The maximum atomic E-state index is 12.8. The minimum absolute atomic E-state index is 0.201. The Kier molecular flexibility index (Phi) is 2.99. The van der Waals surface area contributed by atoms with E-state index in [4.69, 9.17) is 4.74 Å². The van der Waals surface area contributed by atoms with Crippen LogP contribution in [-0.4, -0.2) is 6.61 Å². The largest absolute Gasteiger partial charge is 0.491 e. The third kappa shape index (κ3) is 2.22. The first-order valence-corrected chi connectivity index (χ1v) is 6.02. The highest BCUT2D eigenvalue weighted by molar-refractivity contribution is 5.39. The number of nitrogens with one attached hydrogen (secondary N) is 1. The third-order valence-corrected chi connectivity index (χ3v) is 3.17. The lowest BCUT2D eigenvalue weighted by atomic mass is 10.1. The van der Waals surface area contributed by atoms with Crippen molar-refractivity contribution in [1.82, 2.24) is 5.32 Å². The molecule has 0 aliphatic carbocycles. The molecule has 1 atom stereocenters. The summed E-state index contributed by atoms with van der Waals surface area (Å²) in [5.41, 5.74) is 2.26. The molecule has 1 aliphatic heterocycles. The van der Waals surface area contributed by atoms with Crippen LogP contribution in [0.4, 0.5) is 4.39 Å². The first-order valence-electron chi connectivity index (χ1n) is 6.02. The van der Waals surface area contributed by atoms with Gasteiger partial charge >= 0.3 is 0 Å². The summed E-state index contributed by atoms with van der Waals surface area (Å²) in [5, 5.41) is 3.43. The minimum atomic E-state index is -0.201. The van der Waals surface area contributed by atoms with Gasteiger partial charge in [0.05, 0.1) is 6.04 Å². The normalized spacial score (nSPS) is 17.3. The number of fused-ring (bicyclic) bond motifs is 1. The standard InChI is InChI=1S/C15H14FNO/c16-12-7-5-11(6-8-12)9-17-14-10-18-15-4-2-1-3-13(14)15/h1-8,14,17H,9-10H2. The van der Waals surface area contributed by atoms with E-state index in [1.165, 1.54) is 17.7 Å². The zero-order valence-electron chi connectivity index (χ0n) is 9.90. The summed E-state index contributed by atoms with van der Waals surface area (Å²) in [5.74, 6) is 0.752. The van der Waals surface area contributed by atoms with Crippen LogP contribution in [0.25, 0.3) is 0 Å². The van der Waals surface area contributed by atoms with Crippen molar-refractivity contribution in [1.29, 1.82) is 0 Å². The van der Waals surface area contributed by atoms with Crippen LogP contribution in [-0.2, 0) is 6.54 Å². The van der Waals surface area contributed by atoms with E-state index in [9.17, 15) is 4.39 Å². The average Bonchev–Trinajstić information content (AvgIpc) is 2.82. The number of hydrogen-bond donors (Lipinski definition) is 1. The zero-order chi connectivity index (χ0) is 12.4. The number of halogens is 1. The van der Waals surface area contributed by atoms with Gasteiger partial charge in [-0.05, 0) is 23.8 Å². The van der Waals surface area contributed by atoms with Gasteiger partial charge in [0.1, 0.15) is 18.2 Å². The Morgan fingerprint density at radius 3 is 2.72 bits per heavy atom. The minimum Gasteiger partial charge on any atom is -0.491 e. The molecule has 0 amide bonds. The van der Waals surface area contributed by atoms with Crippen molar-refractivity contribution >= 4 is 0 Å². The molecular weight excluding hydrogens is 229 g/mol. The Labute approximate surface area is 105 Å².